The zero-order valence-corrected chi connectivity index (χ0v) is 21.4. The van der Waals surface area contributed by atoms with E-state index in [4.69, 9.17) is 0 Å². The van der Waals surface area contributed by atoms with Crippen LogP contribution in [0.3, 0.4) is 0 Å². The van der Waals surface area contributed by atoms with E-state index in [-0.39, 0.29) is 18.5 Å². The quantitative estimate of drug-likeness (QED) is 0.545. The summed E-state index contributed by atoms with van der Waals surface area (Å²) in [6.45, 7) is 7.07. The van der Waals surface area contributed by atoms with Gasteiger partial charge in [0.2, 0.25) is 21.8 Å². The number of nitrogens with zero attached hydrogens (tertiary/aromatic N) is 2. The van der Waals surface area contributed by atoms with Gasteiger partial charge in [-0.25, -0.2) is 8.42 Å². The van der Waals surface area contributed by atoms with Crippen LogP contribution in [0.25, 0.3) is 0 Å². The number of carbonyl (C=O) groups is 2. The first kappa shape index (κ1) is 25.9. The molecule has 0 radical (unpaired) electrons. The third kappa shape index (κ3) is 7.34. The third-order valence-corrected chi connectivity index (χ3v) is 6.53. The van der Waals surface area contributed by atoms with Gasteiger partial charge in [0.15, 0.2) is 0 Å². The van der Waals surface area contributed by atoms with Gasteiger partial charge in [0.05, 0.1) is 11.9 Å². The highest BCUT2D eigenvalue weighted by molar-refractivity contribution is 9.10. The number of hydrogen-bond acceptors (Lipinski definition) is 4. The molecule has 0 unspecified atom stereocenters. The maximum Gasteiger partial charge on any atom is 0.244 e. The maximum atomic E-state index is 13.4. The van der Waals surface area contributed by atoms with Crippen molar-refractivity contribution in [1.29, 1.82) is 0 Å². The molecule has 2 rings (SSSR count). The van der Waals surface area contributed by atoms with Crippen LogP contribution in [-0.2, 0) is 26.2 Å². The van der Waals surface area contributed by atoms with E-state index in [1.165, 1.54) is 4.90 Å². The molecule has 9 heteroatoms. The summed E-state index contributed by atoms with van der Waals surface area (Å²) in [5, 5.41) is 2.82. The first-order chi connectivity index (χ1) is 14.9. The van der Waals surface area contributed by atoms with Crippen LogP contribution < -0.4 is 9.62 Å². The molecule has 32 heavy (non-hydrogen) atoms. The number of carbonyl (C=O) groups excluding carboxylic acids is 2. The van der Waals surface area contributed by atoms with Crippen molar-refractivity contribution in [2.24, 2.45) is 0 Å². The summed E-state index contributed by atoms with van der Waals surface area (Å²) in [7, 11) is -3.73. The first-order valence-corrected chi connectivity index (χ1v) is 12.9. The Morgan fingerprint density at radius 2 is 1.56 bits per heavy atom. The zero-order valence-electron chi connectivity index (χ0n) is 19.0. The second-order valence-corrected chi connectivity index (χ2v) is 10.9. The largest absolute Gasteiger partial charge is 0.352 e. The molecule has 0 aliphatic carbocycles. The molecule has 2 aromatic carbocycles. The summed E-state index contributed by atoms with van der Waals surface area (Å²) in [5.74, 6) is -0.764. The van der Waals surface area contributed by atoms with E-state index >= 15 is 0 Å². The summed E-state index contributed by atoms with van der Waals surface area (Å²) in [6.07, 6.45) is 1.06. The van der Waals surface area contributed by atoms with Crippen molar-refractivity contribution in [2.45, 2.75) is 46.3 Å². The van der Waals surface area contributed by atoms with Crippen LogP contribution in [0.5, 0.6) is 0 Å². The van der Waals surface area contributed by atoms with Crippen LogP contribution in [0.1, 0.15) is 31.9 Å². The molecule has 1 atom stereocenters. The number of amides is 2. The van der Waals surface area contributed by atoms with E-state index in [2.05, 4.69) is 21.2 Å². The number of rotatable bonds is 9. The van der Waals surface area contributed by atoms with Gasteiger partial charge >= 0.3 is 0 Å². The summed E-state index contributed by atoms with van der Waals surface area (Å²) in [4.78, 5) is 27.5. The normalized spacial score (nSPS) is 12.3. The van der Waals surface area contributed by atoms with E-state index in [1.807, 2.05) is 45.0 Å². The van der Waals surface area contributed by atoms with Crippen molar-refractivity contribution in [3.05, 3.63) is 64.1 Å². The smallest absolute Gasteiger partial charge is 0.244 e. The van der Waals surface area contributed by atoms with Crippen LogP contribution in [-0.4, -0.2) is 50.0 Å². The fraction of sp³-hybridized carbons (Fsp3) is 0.391. The Kier molecular flexibility index (Phi) is 8.86. The Morgan fingerprint density at radius 1 is 1.00 bits per heavy atom. The highest BCUT2D eigenvalue weighted by Gasteiger charge is 2.30. The van der Waals surface area contributed by atoms with Crippen molar-refractivity contribution in [1.82, 2.24) is 10.2 Å². The highest BCUT2D eigenvalue weighted by atomic mass is 79.9. The fourth-order valence-corrected chi connectivity index (χ4v) is 4.21. The van der Waals surface area contributed by atoms with Crippen molar-refractivity contribution < 1.29 is 18.0 Å². The molecule has 0 saturated heterocycles. The van der Waals surface area contributed by atoms with Crippen molar-refractivity contribution in [3.63, 3.8) is 0 Å². The van der Waals surface area contributed by atoms with Gasteiger partial charge in [0.1, 0.15) is 12.6 Å². The molecule has 0 fully saturated rings. The van der Waals surface area contributed by atoms with Crippen molar-refractivity contribution in [2.75, 3.05) is 17.1 Å². The molecule has 174 valence electrons. The lowest BCUT2D eigenvalue weighted by molar-refractivity contribution is -0.139. The molecule has 0 saturated carbocycles. The zero-order chi connectivity index (χ0) is 24.1. The van der Waals surface area contributed by atoms with Gasteiger partial charge < -0.3 is 10.2 Å². The second-order valence-electron chi connectivity index (χ2n) is 8.09. The first-order valence-electron chi connectivity index (χ1n) is 10.3. The van der Waals surface area contributed by atoms with Gasteiger partial charge in [-0.15, -0.1) is 0 Å². The van der Waals surface area contributed by atoms with E-state index in [9.17, 15) is 18.0 Å². The van der Waals surface area contributed by atoms with Crippen molar-refractivity contribution in [3.8, 4) is 0 Å². The van der Waals surface area contributed by atoms with Crippen LogP contribution >= 0.6 is 15.9 Å². The third-order valence-electron chi connectivity index (χ3n) is 4.87. The van der Waals surface area contributed by atoms with Gasteiger partial charge in [0, 0.05) is 17.1 Å². The fourth-order valence-electron chi connectivity index (χ4n) is 3.10. The molecular formula is C23H30BrN3O4S. The molecule has 0 aliphatic heterocycles. The van der Waals surface area contributed by atoms with Gasteiger partial charge in [-0.2, -0.15) is 0 Å². The Labute approximate surface area is 199 Å². The van der Waals surface area contributed by atoms with E-state index in [0.29, 0.717) is 5.69 Å². The molecule has 2 amide bonds. The summed E-state index contributed by atoms with van der Waals surface area (Å²) >= 11 is 3.33. The molecule has 0 bridgehead atoms. The van der Waals surface area contributed by atoms with E-state index in [0.717, 1.165) is 26.2 Å². The number of hydrogen-bond donors (Lipinski definition) is 1. The van der Waals surface area contributed by atoms with E-state index in [1.54, 1.807) is 31.2 Å². The van der Waals surface area contributed by atoms with Gasteiger partial charge in [-0.3, -0.25) is 13.9 Å². The average Bonchev–Trinajstić information content (AvgIpc) is 2.70. The number of anilines is 1. The predicted octanol–water partition coefficient (Wildman–Crippen LogP) is 3.47. The summed E-state index contributed by atoms with van der Waals surface area (Å²) < 4.78 is 26.8. The molecule has 1 N–H and O–H groups in total. The Hall–Kier alpha value is -2.39. The van der Waals surface area contributed by atoms with Gasteiger partial charge in [0.25, 0.3) is 0 Å². The van der Waals surface area contributed by atoms with Gasteiger partial charge in [-0.05, 0) is 57.5 Å². The maximum absolute atomic E-state index is 13.4. The molecule has 7 nitrogen and oxygen atoms in total. The van der Waals surface area contributed by atoms with Crippen LogP contribution in [0.4, 0.5) is 5.69 Å². The number of aryl methyl sites for hydroxylation is 1. The van der Waals surface area contributed by atoms with Crippen LogP contribution in [0, 0.1) is 6.92 Å². The number of halogens is 1. The second kappa shape index (κ2) is 11.0. The Bertz CT molecular complexity index is 1040. The van der Waals surface area contributed by atoms with Crippen LogP contribution in [0.2, 0.25) is 0 Å². The number of sulfonamides is 1. The lowest BCUT2D eigenvalue weighted by atomic mass is 10.1. The molecule has 0 spiro atoms. The minimum Gasteiger partial charge on any atom is -0.352 e. The number of nitrogens with one attached hydrogen (secondary N) is 1. The average molecular weight is 524 g/mol. The molecule has 0 aromatic heterocycles. The molecular weight excluding hydrogens is 494 g/mol. The predicted molar refractivity (Wildman–Crippen MR) is 131 cm³/mol. The molecule has 0 aliphatic rings. The Morgan fingerprint density at radius 3 is 2.06 bits per heavy atom. The lowest BCUT2D eigenvalue weighted by Gasteiger charge is -2.32. The highest BCUT2D eigenvalue weighted by Crippen LogP contribution is 2.21. The summed E-state index contributed by atoms with van der Waals surface area (Å²) in [5.41, 5.74) is 2.30. The topological polar surface area (TPSA) is 86.8 Å². The SMILES string of the molecule is Cc1ccc(CN(C(=O)CN(c2ccc(Br)cc2)S(C)(=O)=O)[C@@H](C)C(=O)NC(C)C)cc1. The molecule has 0 heterocycles. The monoisotopic (exact) mass is 523 g/mol. The van der Waals surface area contributed by atoms with E-state index < -0.39 is 28.5 Å². The summed E-state index contributed by atoms with van der Waals surface area (Å²) in [6, 6.07) is 13.5. The Balaban J connectivity index is 2.36. The number of benzene rings is 2. The standard InChI is InChI=1S/C23H30BrN3O4S/c1-16(2)25-23(29)18(4)26(14-19-8-6-17(3)7-9-19)22(28)15-27(32(5,30)31)21-12-10-20(24)11-13-21/h6-13,16,18H,14-15H2,1-5H3,(H,25,29)/t18-/m0/s1. The van der Waals surface area contributed by atoms with Crippen molar-refractivity contribution >= 4 is 43.5 Å². The molecule has 2 aromatic rings. The van der Waals surface area contributed by atoms with Gasteiger partial charge in [-0.1, -0.05) is 45.8 Å². The minimum atomic E-state index is -3.73. The minimum absolute atomic E-state index is 0.0865. The lowest BCUT2D eigenvalue weighted by Crippen LogP contribution is -2.52. The van der Waals surface area contributed by atoms with Crippen LogP contribution in [0.15, 0.2) is 53.0 Å².